The fourth-order valence-corrected chi connectivity index (χ4v) is 3.16. The summed E-state index contributed by atoms with van der Waals surface area (Å²) in [5.41, 5.74) is 2.82. The van der Waals surface area contributed by atoms with Crippen molar-refractivity contribution < 1.29 is 4.79 Å². The van der Waals surface area contributed by atoms with E-state index >= 15 is 0 Å². The molecule has 3 rings (SSSR count). The summed E-state index contributed by atoms with van der Waals surface area (Å²) in [5.74, 6) is 0.327. The minimum atomic E-state index is 0.327. The molecule has 3 heteroatoms. The Morgan fingerprint density at radius 3 is 3.00 bits per heavy atom. The lowest BCUT2D eigenvalue weighted by atomic mass is 10.1. The summed E-state index contributed by atoms with van der Waals surface area (Å²) in [7, 11) is 0. The first-order valence-corrected chi connectivity index (χ1v) is 6.92. The van der Waals surface area contributed by atoms with Crippen molar-refractivity contribution in [2.24, 2.45) is 0 Å². The molecule has 0 aromatic heterocycles. The van der Waals surface area contributed by atoms with Gasteiger partial charge in [0.05, 0.1) is 6.04 Å². The molecule has 1 aromatic carbocycles. The van der Waals surface area contributed by atoms with Crippen molar-refractivity contribution in [3.8, 4) is 0 Å². The normalized spacial score (nSPS) is 21.7. The number of anilines is 1. The summed E-state index contributed by atoms with van der Waals surface area (Å²) in [5, 5.41) is 0. The molecule has 1 fully saturated rings. The highest BCUT2D eigenvalue weighted by molar-refractivity contribution is 5.77. The van der Waals surface area contributed by atoms with Crippen molar-refractivity contribution in [1.29, 1.82) is 0 Å². The van der Waals surface area contributed by atoms with Gasteiger partial charge in [0, 0.05) is 31.7 Å². The molecule has 2 aliphatic heterocycles. The molecule has 1 saturated heterocycles. The van der Waals surface area contributed by atoms with E-state index in [9.17, 15) is 4.79 Å². The number of hydrogen-bond donors (Lipinski definition) is 0. The lowest BCUT2D eigenvalue weighted by molar-refractivity contribution is -0.132. The Bertz CT molecular complexity index is 458. The Balaban J connectivity index is 1.73. The number of amides is 1. The van der Waals surface area contributed by atoms with E-state index in [4.69, 9.17) is 0 Å². The third-order valence-electron chi connectivity index (χ3n) is 4.06. The van der Waals surface area contributed by atoms with Gasteiger partial charge < -0.3 is 9.80 Å². The Morgan fingerprint density at radius 1 is 1.33 bits per heavy atom. The van der Waals surface area contributed by atoms with E-state index in [1.54, 1.807) is 0 Å². The zero-order chi connectivity index (χ0) is 12.5. The predicted octanol–water partition coefficient (Wildman–Crippen LogP) is 2.06. The Kier molecular flexibility index (Phi) is 2.98. The minimum Gasteiger partial charge on any atom is -0.364 e. The number of fused-ring (bicyclic) bond motifs is 3. The number of piperazine rings is 1. The topological polar surface area (TPSA) is 23.6 Å². The molecule has 1 amide bonds. The third-order valence-corrected chi connectivity index (χ3v) is 4.06. The number of hydrogen-bond acceptors (Lipinski definition) is 2. The number of rotatable bonds is 2. The number of para-hydroxylation sites is 1. The third kappa shape index (κ3) is 1.88. The molecular weight excluding hydrogens is 224 g/mol. The molecule has 2 aliphatic rings. The molecule has 96 valence electrons. The summed E-state index contributed by atoms with van der Waals surface area (Å²) in [4.78, 5) is 16.5. The van der Waals surface area contributed by atoms with Gasteiger partial charge in [0.1, 0.15) is 0 Å². The van der Waals surface area contributed by atoms with E-state index in [0.29, 0.717) is 18.4 Å². The van der Waals surface area contributed by atoms with Gasteiger partial charge in [-0.15, -0.1) is 0 Å². The van der Waals surface area contributed by atoms with Crippen LogP contribution in [-0.4, -0.2) is 36.5 Å². The maximum Gasteiger partial charge on any atom is 0.222 e. The summed E-state index contributed by atoms with van der Waals surface area (Å²) in [6.45, 7) is 4.83. The van der Waals surface area contributed by atoms with Crippen LogP contribution in [0.3, 0.4) is 0 Å². The van der Waals surface area contributed by atoms with Crippen molar-refractivity contribution in [3.63, 3.8) is 0 Å². The Morgan fingerprint density at radius 2 is 2.17 bits per heavy atom. The van der Waals surface area contributed by atoms with E-state index in [2.05, 4.69) is 41.0 Å². The van der Waals surface area contributed by atoms with E-state index in [1.165, 1.54) is 11.3 Å². The zero-order valence-electron chi connectivity index (χ0n) is 10.9. The number of benzene rings is 1. The van der Waals surface area contributed by atoms with Gasteiger partial charge in [-0.2, -0.15) is 0 Å². The molecule has 1 aromatic rings. The first-order valence-electron chi connectivity index (χ1n) is 6.92. The van der Waals surface area contributed by atoms with E-state index in [1.807, 2.05) is 0 Å². The first kappa shape index (κ1) is 11.6. The minimum absolute atomic E-state index is 0.327. The summed E-state index contributed by atoms with van der Waals surface area (Å²) in [6.07, 6.45) is 2.73. The van der Waals surface area contributed by atoms with Gasteiger partial charge in [-0.3, -0.25) is 4.79 Å². The monoisotopic (exact) mass is 244 g/mol. The molecule has 3 nitrogen and oxygen atoms in total. The molecule has 18 heavy (non-hydrogen) atoms. The molecule has 0 radical (unpaired) electrons. The van der Waals surface area contributed by atoms with Crippen LogP contribution in [0.1, 0.15) is 25.3 Å². The lowest BCUT2D eigenvalue weighted by Crippen LogP contribution is -2.53. The maximum absolute atomic E-state index is 12.0. The second-order valence-corrected chi connectivity index (χ2v) is 5.27. The molecule has 1 atom stereocenters. The molecule has 0 bridgehead atoms. The van der Waals surface area contributed by atoms with Crippen LogP contribution < -0.4 is 4.90 Å². The van der Waals surface area contributed by atoms with Crippen molar-refractivity contribution in [3.05, 3.63) is 29.8 Å². The fourth-order valence-electron chi connectivity index (χ4n) is 3.16. The number of nitrogens with zero attached hydrogens (tertiary/aromatic N) is 2. The Labute approximate surface area is 108 Å². The van der Waals surface area contributed by atoms with Crippen LogP contribution >= 0.6 is 0 Å². The van der Waals surface area contributed by atoms with Gasteiger partial charge in [0.2, 0.25) is 5.91 Å². The average Bonchev–Trinajstić information content (AvgIpc) is 2.76. The highest BCUT2D eigenvalue weighted by Crippen LogP contribution is 2.33. The largest absolute Gasteiger partial charge is 0.364 e. The summed E-state index contributed by atoms with van der Waals surface area (Å²) < 4.78 is 0. The van der Waals surface area contributed by atoms with Crippen LogP contribution in [0.5, 0.6) is 0 Å². The lowest BCUT2D eigenvalue weighted by Gasteiger charge is -2.39. The van der Waals surface area contributed by atoms with Crippen LogP contribution in [0.2, 0.25) is 0 Å². The van der Waals surface area contributed by atoms with Crippen LogP contribution in [0, 0.1) is 0 Å². The van der Waals surface area contributed by atoms with E-state index < -0.39 is 0 Å². The average molecular weight is 244 g/mol. The van der Waals surface area contributed by atoms with Crippen LogP contribution in [0.15, 0.2) is 24.3 Å². The maximum atomic E-state index is 12.0. The van der Waals surface area contributed by atoms with Gasteiger partial charge in [0.15, 0.2) is 0 Å². The molecule has 0 saturated carbocycles. The summed E-state index contributed by atoms with van der Waals surface area (Å²) in [6, 6.07) is 9.13. The second-order valence-electron chi connectivity index (χ2n) is 5.27. The second kappa shape index (κ2) is 4.63. The predicted molar refractivity (Wildman–Crippen MR) is 72.8 cm³/mol. The summed E-state index contributed by atoms with van der Waals surface area (Å²) >= 11 is 0. The molecule has 0 aliphatic carbocycles. The number of carbonyl (C=O) groups is 1. The van der Waals surface area contributed by atoms with Crippen molar-refractivity contribution in [1.82, 2.24) is 4.90 Å². The van der Waals surface area contributed by atoms with Gasteiger partial charge in [-0.25, -0.2) is 0 Å². The zero-order valence-corrected chi connectivity index (χ0v) is 10.9. The molecule has 2 heterocycles. The van der Waals surface area contributed by atoms with Crippen molar-refractivity contribution in [2.75, 3.05) is 24.5 Å². The van der Waals surface area contributed by atoms with Gasteiger partial charge in [0.25, 0.3) is 0 Å². The van der Waals surface area contributed by atoms with Crippen molar-refractivity contribution in [2.45, 2.75) is 32.2 Å². The Hall–Kier alpha value is -1.51. The highest BCUT2D eigenvalue weighted by atomic mass is 16.2. The van der Waals surface area contributed by atoms with Gasteiger partial charge >= 0.3 is 0 Å². The SMILES string of the molecule is CCCC(=O)N1CCN2c3ccccc3CC2C1. The standard InChI is InChI=1S/C15H20N2O/c1-2-5-15(18)16-8-9-17-13(11-16)10-12-6-3-4-7-14(12)17/h3-4,6-7,13H,2,5,8-11H2,1H3. The van der Waals surface area contributed by atoms with E-state index in [-0.39, 0.29) is 0 Å². The highest BCUT2D eigenvalue weighted by Gasteiger charge is 2.34. The molecule has 0 N–H and O–H groups in total. The van der Waals surface area contributed by atoms with Crippen LogP contribution in [0.25, 0.3) is 0 Å². The molecular formula is C15H20N2O. The first-order chi connectivity index (χ1) is 8.79. The van der Waals surface area contributed by atoms with E-state index in [0.717, 1.165) is 32.5 Å². The van der Waals surface area contributed by atoms with Gasteiger partial charge in [-0.1, -0.05) is 25.1 Å². The van der Waals surface area contributed by atoms with Crippen LogP contribution in [-0.2, 0) is 11.2 Å². The fraction of sp³-hybridized carbons (Fsp3) is 0.533. The van der Waals surface area contributed by atoms with Gasteiger partial charge in [-0.05, 0) is 24.5 Å². The van der Waals surface area contributed by atoms with Crippen molar-refractivity contribution >= 4 is 11.6 Å². The van der Waals surface area contributed by atoms with Crippen LogP contribution in [0.4, 0.5) is 5.69 Å². The quantitative estimate of drug-likeness (QED) is 0.795. The number of carbonyl (C=O) groups excluding carboxylic acids is 1. The molecule has 0 spiro atoms. The molecule has 1 unspecified atom stereocenters. The smallest absolute Gasteiger partial charge is 0.222 e.